The Kier molecular flexibility index (Phi) is 10.2. The van der Waals surface area contributed by atoms with Crippen LogP contribution in [0.25, 0.3) is 0 Å². The van der Waals surface area contributed by atoms with Gasteiger partial charge < -0.3 is 20.5 Å². The number of aliphatic imine (C=N–C) groups is 1. The molecule has 1 aromatic carbocycles. The minimum absolute atomic E-state index is 0. The number of benzene rings is 1. The van der Waals surface area contributed by atoms with Crippen molar-refractivity contribution in [2.24, 2.45) is 4.99 Å². The number of halogens is 4. The van der Waals surface area contributed by atoms with Crippen molar-refractivity contribution in [2.75, 3.05) is 19.7 Å². The number of nitrogens with one attached hydrogen (secondary N) is 2. The zero-order valence-corrected chi connectivity index (χ0v) is 19.3. The van der Waals surface area contributed by atoms with Gasteiger partial charge >= 0.3 is 6.18 Å². The molecular formula is C19H25F3IN3O2S. The first-order valence-corrected chi connectivity index (χ1v) is 9.69. The number of rotatable bonds is 8. The molecule has 1 aromatic heterocycles. The third kappa shape index (κ3) is 9.22. The summed E-state index contributed by atoms with van der Waals surface area (Å²) in [6.45, 7) is 3.60. The Bertz CT molecular complexity index is 751. The fourth-order valence-electron chi connectivity index (χ4n) is 2.30. The van der Waals surface area contributed by atoms with E-state index >= 15 is 0 Å². The molecule has 2 aromatic rings. The second-order valence-corrected chi connectivity index (χ2v) is 7.16. The summed E-state index contributed by atoms with van der Waals surface area (Å²) in [5.74, 6) is 0.692. The number of aliphatic hydroxyl groups is 1. The highest BCUT2D eigenvalue weighted by Crippen LogP contribution is 2.22. The molecule has 0 amide bonds. The van der Waals surface area contributed by atoms with Crippen molar-refractivity contribution in [3.8, 4) is 5.75 Å². The number of hydrogen-bond donors (Lipinski definition) is 3. The zero-order chi connectivity index (χ0) is 20.6. The molecule has 29 heavy (non-hydrogen) atoms. The highest BCUT2D eigenvalue weighted by molar-refractivity contribution is 14.0. The normalized spacial score (nSPS) is 13.9. The summed E-state index contributed by atoms with van der Waals surface area (Å²) < 4.78 is 41.2. The fraction of sp³-hybridized carbons (Fsp3) is 0.421. The lowest BCUT2D eigenvalue weighted by Gasteiger charge is -2.24. The quantitative estimate of drug-likeness (QED) is 0.265. The van der Waals surface area contributed by atoms with Crippen molar-refractivity contribution in [1.82, 2.24) is 10.6 Å². The number of thiophene rings is 1. The SMILES string of the molecule is CCNC(=NCc1ccc(OCC(F)(F)F)cc1)NCC(C)(O)c1ccsc1.I. The van der Waals surface area contributed by atoms with Gasteiger partial charge in [-0.3, -0.25) is 0 Å². The van der Waals surface area contributed by atoms with Crippen LogP contribution in [0.4, 0.5) is 13.2 Å². The molecule has 5 nitrogen and oxygen atoms in total. The number of alkyl halides is 3. The molecule has 0 spiro atoms. The highest BCUT2D eigenvalue weighted by atomic mass is 127. The van der Waals surface area contributed by atoms with Gasteiger partial charge in [0, 0.05) is 6.54 Å². The van der Waals surface area contributed by atoms with Crippen LogP contribution in [0.15, 0.2) is 46.1 Å². The van der Waals surface area contributed by atoms with Crippen LogP contribution in [-0.2, 0) is 12.1 Å². The third-order valence-corrected chi connectivity index (χ3v) is 4.52. The molecule has 0 aliphatic carbocycles. The smallest absolute Gasteiger partial charge is 0.422 e. The zero-order valence-electron chi connectivity index (χ0n) is 16.1. The van der Waals surface area contributed by atoms with Crippen LogP contribution >= 0.6 is 35.3 Å². The molecular weight excluding hydrogens is 518 g/mol. The highest BCUT2D eigenvalue weighted by Gasteiger charge is 2.28. The number of hydrogen-bond acceptors (Lipinski definition) is 4. The monoisotopic (exact) mass is 543 g/mol. The second kappa shape index (κ2) is 11.6. The summed E-state index contributed by atoms with van der Waals surface area (Å²) in [5, 5.41) is 20.6. The molecule has 2 rings (SSSR count). The molecule has 0 bridgehead atoms. The van der Waals surface area contributed by atoms with Gasteiger partial charge in [0.25, 0.3) is 0 Å². The molecule has 162 valence electrons. The lowest BCUT2D eigenvalue weighted by Crippen LogP contribution is -2.44. The van der Waals surface area contributed by atoms with Gasteiger partial charge in [0.05, 0.1) is 13.1 Å². The lowest BCUT2D eigenvalue weighted by atomic mass is 9.99. The average Bonchev–Trinajstić information content (AvgIpc) is 3.18. The first-order valence-electron chi connectivity index (χ1n) is 8.75. The van der Waals surface area contributed by atoms with E-state index in [2.05, 4.69) is 20.4 Å². The first kappa shape index (κ1) is 25.5. The molecule has 0 aliphatic rings. The first-order chi connectivity index (χ1) is 13.2. The molecule has 0 aliphatic heterocycles. The van der Waals surface area contributed by atoms with Gasteiger partial charge in [-0.05, 0) is 53.9 Å². The van der Waals surface area contributed by atoms with Gasteiger partial charge in [0.1, 0.15) is 11.4 Å². The summed E-state index contributed by atoms with van der Waals surface area (Å²) in [6, 6.07) is 8.18. The Labute approximate surface area is 189 Å². The maximum Gasteiger partial charge on any atom is 0.422 e. The molecule has 0 saturated heterocycles. The molecule has 1 heterocycles. The molecule has 1 atom stereocenters. The molecule has 1 unspecified atom stereocenters. The number of ether oxygens (including phenoxy) is 1. The van der Waals surface area contributed by atoms with Crippen molar-refractivity contribution >= 4 is 41.3 Å². The third-order valence-electron chi connectivity index (χ3n) is 3.83. The van der Waals surface area contributed by atoms with E-state index in [-0.39, 0.29) is 36.3 Å². The summed E-state index contributed by atoms with van der Waals surface area (Å²) in [4.78, 5) is 4.45. The summed E-state index contributed by atoms with van der Waals surface area (Å²) >= 11 is 1.52. The van der Waals surface area contributed by atoms with E-state index < -0.39 is 18.4 Å². The van der Waals surface area contributed by atoms with Crippen molar-refractivity contribution in [3.63, 3.8) is 0 Å². The predicted octanol–water partition coefficient (Wildman–Crippen LogP) is 4.27. The Balaban J connectivity index is 0.00000420. The van der Waals surface area contributed by atoms with Crippen LogP contribution < -0.4 is 15.4 Å². The van der Waals surface area contributed by atoms with Crippen LogP contribution in [0, 0.1) is 0 Å². The van der Waals surface area contributed by atoms with Crippen molar-refractivity contribution in [3.05, 3.63) is 52.2 Å². The maximum absolute atomic E-state index is 12.2. The van der Waals surface area contributed by atoms with Gasteiger partial charge in [0.2, 0.25) is 0 Å². The van der Waals surface area contributed by atoms with E-state index in [9.17, 15) is 18.3 Å². The Morgan fingerprint density at radius 2 is 1.86 bits per heavy atom. The van der Waals surface area contributed by atoms with E-state index in [4.69, 9.17) is 0 Å². The van der Waals surface area contributed by atoms with E-state index in [0.29, 0.717) is 19.0 Å². The van der Waals surface area contributed by atoms with Crippen molar-refractivity contribution in [1.29, 1.82) is 0 Å². The fourth-order valence-corrected chi connectivity index (χ4v) is 3.08. The van der Waals surface area contributed by atoms with Crippen LogP contribution in [-0.4, -0.2) is 36.9 Å². The summed E-state index contributed by atoms with van der Waals surface area (Å²) in [6.07, 6.45) is -4.36. The Hall–Kier alpha value is -1.53. The van der Waals surface area contributed by atoms with Gasteiger partial charge in [-0.2, -0.15) is 24.5 Å². The van der Waals surface area contributed by atoms with Crippen molar-refractivity contribution < 1.29 is 23.0 Å². The van der Waals surface area contributed by atoms with Gasteiger partial charge in [-0.1, -0.05) is 12.1 Å². The van der Waals surface area contributed by atoms with E-state index in [1.54, 1.807) is 19.1 Å². The van der Waals surface area contributed by atoms with Gasteiger partial charge in [-0.25, -0.2) is 4.99 Å². The second-order valence-electron chi connectivity index (χ2n) is 6.38. The van der Waals surface area contributed by atoms with E-state index in [1.807, 2.05) is 23.8 Å². The molecule has 0 fully saturated rings. The summed E-state index contributed by atoms with van der Waals surface area (Å²) in [7, 11) is 0. The van der Waals surface area contributed by atoms with E-state index in [0.717, 1.165) is 11.1 Å². The maximum atomic E-state index is 12.2. The predicted molar refractivity (Wildman–Crippen MR) is 120 cm³/mol. The number of nitrogens with zero attached hydrogens (tertiary/aromatic N) is 1. The topological polar surface area (TPSA) is 65.9 Å². The minimum atomic E-state index is -4.36. The van der Waals surface area contributed by atoms with E-state index in [1.165, 1.54) is 23.5 Å². The average molecular weight is 543 g/mol. The summed E-state index contributed by atoms with van der Waals surface area (Å²) in [5.41, 5.74) is 0.615. The van der Waals surface area contributed by atoms with Crippen LogP contribution in [0.1, 0.15) is 25.0 Å². The van der Waals surface area contributed by atoms with Gasteiger partial charge in [0.15, 0.2) is 12.6 Å². The Morgan fingerprint density at radius 1 is 1.17 bits per heavy atom. The van der Waals surface area contributed by atoms with Gasteiger partial charge in [-0.15, -0.1) is 24.0 Å². The van der Waals surface area contributed by atoms with Crippen LogP contribution in [0.3, 0.4) is 0 Å². The van der Waals surface area contributed by atoms with Crippen molar-refractivity contribution in [2.45, 2.75) is 32.2 Å². The van der Waals surface area contributed by atoms with Crippen LogP contribution in [0.2, 0.25) is 0 Å². The largest absolute Gasteiger partial charge is 0.484 e. The minimum Gasteiger partial charge on any atom is -0.484 e. The lowest BCUT2D eigenvalue weighted by molar-refractivity contribution is -0.153. The molecule has 3 N–H and O–H groups in total. The molecule has 0 radical (unpaired) electrons. The molecule has 0 saturated carbocycles. The van der Waals surface area contributed by atoms with Crippen LogP contribution in [0.5, 0.6) is 5.75 Å². The number of guanidine groups is 1. The standard InChI is InChI=1S/C19H24F3N3O2S.HI/c1-3-23-17(25-12-18(2,26)15-8-9-28-11-15)24-10-14-4-6-16(7-5-14)27-13-19(20,21)22;/h4-9,11,26H,3,10,12-13H2,1-2H3,(H2,23,24,25);1H. The molecule has 10 heteroatoms. The Morgan fingerprint density at radius 3 is 2.41 bits per heavy atom.